The van der Waals surface area contributed by atoms with Crippen molar-refractivity contribution in [1.29, 1.82) is 0 Å². The molecule has 2 aliphatic heterocycles. The van der Waals surface area contributed by atoms with E-state index in [4.69, 9.17) is 4.74 Å². The first kappa shape index (κ1) is 19.3. The molecular formula is C22H24N3O4+. The quantitative estimate of drug-likeness (QED) is 0.722. The van der Waals surface area contributed by atoms with E-state index in [1.807, 2.05) is 19.1 Å². The number of ether oxygens (including phenoxy) is 1. The van der Waals surface area contributed by atoms with Gasteiger partial charge in [-0.1, -0.05) is 17.7 Å². The molecular weight excluding hydrogens is 370 g/mol. The molecule has 1 saturated heterocycles. The molecule has 0 aromatic heterocycles. The van der Waals surface area contributed by atoms with Crippen molar-refractivity contribution in [2.24, 2.45) is 0 Å². The molecule has 29 heavy (non-hydrogen) atoms. The number of nitrogens with one attached hydrogen (secondary N) is 2. The second kappa shape index (κ2) is 8.14. The fourth-order valence-corrected chi connectivity index (χ4v) is 3.68. The Morgan fingerprint density at radius 2 is 1.72 bits per heavy atom. The van der Waals surface area contributed by atoms with Gasteiger partial charge in [0.1, 0.15) is 13.1 Å². The molecule has 0 radical (unpaired) electrons. The van der Waals surface area contributed by atoms with Gasteiger partial charge in [0.2, 0.25) is 0 Å². The summed E-state index contributed by atoms with van der Waals surface area (Å²) >= 11 is 0. The number of hydrogen-bond donors (Lipinski definition) is 2. The average molecular weight is 394 g/mol. The monoisotopic (exact) mass is 394 g/mol. The van der Waals surface area contributed by atoms with E-state index in [9.17, 15) is 14.4 Å². The molecule has 1 fully saturated rings. The van der Waals surface area contributed by atoms with Crippen molar-refractivity contribution in [3.8, 4) is 0 Å². The molecule has 2 heterocycles. The molecule has 2 aliphatic rings. The number of rotatable bonds is 5. The third kappa shape index (κ3) is 3.92. The number of fused-ring (bicyclic) bond motifs is 1. The Hall–Kier alpha value is -3.03. The SMILES string of the molecule is Cc1ccc(N2C(=O)c3ccc(C(=O)NCC[NH+]4CCOCC4)cc3C2=O)cc1. The summed E-state index contributed by atoms with van der Waals surface area (Å²) in [6, 6.07) is 11.9. The van der Waals surface area contributed by atoms with Crippen molar-refractivity contribution in [2.45, 2.75) is 6.92 Å². The highest BCUT2D eigenvalue weighted by molar-refractivity contribution is 6.34. The van der Waals surface area contributed by atoms with Crippen LogP contribution in [0.1, 0.15) is 36.6 Å². The van der Waals surface area contributed by atoms with Crippen LogP contribution in [0.3, 0.4) is 0 Å². The molecule has 7 nitrogen and oxygen atoms in total. The summed E-state index contributed by atoms with van der Waals surface area (Å²) in [5, 5.41) is 2.90. The van der Waals surface area contributed by atoms with E-state index in [1.165, 1.54) is 11.0 Å². The summed E-state index contributed by atoms with van der Waals surface area (Å²) in [5.74, 6) is -1.01. The maximum absolute atomic E-state index is 12.8. The summed E-state index contributed by atoms with van der Waals surface area (Å²) in [7, 11) is 0. The zero-order chi connectivity index (χ0) is 20.4. The lowest BCUT2D eigenvalue weighted by atomic mass is 10.1. The predicted octanol–water partition coefficient (Wildman–Crippen LogP) is 0.441. The molecule has 0 aliphatic carbocycles. The lowest BCUT2D eigenvalue weighted by molar-refractivity contribution is -0.906. The van der Waals surface area contributed by atoms with Crippen molar-refractivity contribution < 1.29 is 24.0 Å². The van der Waals surface area contributed by atoms with E-state index in [0.717, 1.165) is 43.3 Å². The van der Waals surface area contributed by atoms with Gasteiger partial charge in [0.15, 0.2) is 0 Å². The summed E-state index contributed by atoms with van der Waals surface area (Å²) in [4.78, 5) is 40.6. The number of nitrogens with zero attached hydrogens (tertiary/aromatic N) is 1. The summed E-state index contributed by atoms with van der Waals surface area (Å²) in [6.45, 7) is 6.72. The van der Waals surface area contributed by atoms with Crippen LogP contribution in [0.15, 0.2) is 42.5 Å². The Labute approximate surface area is 169 Å². The molecule has 3 amide bonds. The number of anilines is 1. The zero-order valence-corrected chi connectivity index (χ0v) is 16.4. The van der Waals surface area contributed by atoms with Gasteiger partial charge in [0.05, 0.1) is 43.1 Å². The fourth-order valence-electron chi connectivity index (χ4n) is 3.68. The molecule has 2 aromatic rings. The smallest absolute Gasteiger partial charge is 0.266 e. The Balaban J connectivity index is 1.45. The standard InChI is InChI=1S/C22H23N3O4/c1-15-2-5-17(6-3-15)25-21(27)18-7-4-16(14-19(18)22(25)28)20(26)23-8-9-24-10-12-29-13-11-24/h2-7,14H,8-13H2,1H3,(H,23,26)/p+1. The van der Waals surface area contributed by atoms with Gasteiger partial charge >= 0.3 is 0 Å². The number of hydrogen-bond acceptors (Lipinski definition) is 4. The van der Waals surface area contributed by atoms with Gasteiger partial charge in [-0.15, -0.1) is 0 Å². The molecule has 7 heteroatoms. The van der Waals surface area contributed by atoms with Gasteiger partial charge < -0.3 is 15.0 Å². The fraction of sp³-hybridized carbons (Fsp3) is 0.318. The van der Waals surface area contributed by atoms with E-state index >= 15 is 0 Å². The highest BCUT2D eigenvalue weighted by atomic mass is 16.5. The van der Waals surface area contributed by atoms with Crippen molar-refractivity contribution in [2.75, 3.05) is 44.3 Å². The molecule has 0 bridgehead atoms. The maximum atomic E-state index is 12.8. The minimum absolute atomic E-state index is 0.241. The Morgan fingerprint density at radius 3 is 2.45 bits per heavy atom. The summed E-state index contributed by atoms with van der Waals surface area (Å²) in [6.07, 6.45) is 0. The van der Waals surface area contributed by atoms with E-state index in [-0.39, 0.29) is 17.4 Å². The number of quaternary nitrogens is 1. The first-order valence-corrected chi connectivity index (χ1v) is 9.83. The molecule has 2 N–H and O–H groups in total. The van der Waals surface area contributed by atoms with E-state index in [1.54, 1.807) is 24.3 Å². The van der Waals surface area contributed by atoms with Crippen molar-refractivity contribution in [3.05, 3.63) is 64.7 Å². The van der Waals surface area contributed by atoms with E-state index in [2.05, 4.69) is 5.32 Å². The van der Waals surface area contributed by atoms with Crippen molar-refractivity contribution in [3.63, 3.8) is 0 Å². The topological polar surface area (TPSA) is 80.2 Å². The van der Waals surface area contributed by atoms with Gasteiger partial charge in [0.25, 0.3) is 17.7 Å². The molecule has 0 spiro atoms. The van der Waals surface area contributed by atoms with E-state index in [0.29, 0.717) is 23.4 Å². The van der Waals surface area contributed by atoms with Crippen LogP contribution in [0, 0.1) is 6.92 Å². The first-order chi connectivity index (χ1) is 14.0. The van der Waals surface area contributed by atoms with Crippen LogP contribution in [-0.4, -0.2) is 57.1 Å². The van der Waals surface area contributed by atoms with Crippen molar-refractivity contribution >= 4 is 23.4 Å². The predicted molar refractivity (Wildman–Crippen MR) is 107 cm³/mol. The molecule has 0 saturated carbocycles. The minimum atomic E-state index is -0.402. The van der Waals surface area contributed by atoms with Crippen LogP contribution in [0.25, 0.3) is 0 Å². The van der Waals surface area contributed by atoms with Gasteiger partial charge in [-0.25, -0.2) is 4.90 Å². The number of benzene rings is 2. The number of morpholine rings is 1. The average Bonchev–Trinajstić information content (AvgIpc) is 2.99. The van der Waals surface area contributed by atoms with Gasteiger partial charge in [-0.3, -0.25) is 14.4 Å². The van der Waals surface area contributed by atoms with Crippen LogP contribution < -0.4 is 15.1 Å². The van der Waals surface area contributed by atoms with Crippen LogP contribution in [0.2, 0.25) is 0 Å². The third-order valence-corrected chi connectivity index (χ3v) is 5.40. The Morgan fingerprint density at radius 1 is 1.03 bits per heavy atom. The molecule has 4 rings (SSSR count). The van der Waals surface area contributed by atoms with E-state index < -0.39 is 5.91 Å². The largest absolute Gasteiger partial charge is 0.370 e. The number of imide groups is 1. The van der Waals surface area contributed by atoms with Crippen LogP contribution in [0.4, 0.5) is 5.69 Å². The van der Waals surface area contributed by atoms with Gasteiger partial charge in [-0.05, 0) is 37.3 Å². The van der Waals surface area contributed by atoms with Crippen LogP contribution in [0.5, 0.6) is 0 Å². The first-order valence-electron chi connectivity index (χ1n) is 9.83. The van der Waals surface area contributed by atoms with Gasteiger partial charge in [0, 0.05) is 5.56 Å². The minimum Gasteiger partial charge on any atom is -0.370 e. The Kier molecular flexibility index (Phi) is 5.42. The lowest BCUT2D eigenvalue weighted by Gasteiger charge is -2.23. The summed E-state index contributed by atoms with van der Waals surface area (Å²) in [5.41, 5.74) is 2.55. The number of amides is 3. The zero-order valence-electron chi connectivity index (χ0n) is 16.4. The summed E-state index contributed by atoms with van der Waals surface area (Å²) < 4.78 is 5.33. The Bertz CT molecular complexity index is 949. The second-order valence-corrected chi connectivity index (χ2v) is 7.41. The number of aryl methyl sites for hydroxylation is 1. The van der Waals surface area contributed by atoms with Gasteiger partial charge in [-0.2, -0.15) is 0 Å². The highest BCUT2D eigenvalue weighted by Gasteiger charge is 2.37. The maximum Gasteiger partial charge on any atom is 0.266 e. The second-order valence-electron chi connectivity index (χ2n) is 7.41. The molecule has 150 valence electrons. The van der Waals surface area contributed by atoms with Crippen LogP contribution >= 0.6 is 0 Å². The number of carbonyl (C=O) groups excluding carboxylic acids is 3. The highest BCUT2D eigenvalue weighted by Crippen LogP contribution is 2.29. The molecule has 2 aromatic carbocycles. The molecule has 0 atom stereocenters. The lowest BCUT2D eigenvalue weighted by Crippen LogP contribution is -3.14. The van der Waals surface area contributed by atoms with Crippen LogP contribution in [-0.2, 0) is 4.74 Å². The number of carbonyl (C=O) groups is 3. The third-order valence-electron chi connectivity index (χ3n) is 5.40. The van der Waals surface area contributed by atoms with Crippen molar-refractivity contribution in [1.82, 2.24) is 5.32 Å². The normalized spacial score (nSPS) is 16.8. The molecule has 0 unspecified atom stereocenters.